The summed E-state index contributed by atoms with van der Waals surface area (Å²) in [6.07, 6.45) is 3.64. The lowest BCUT2D eigenvalue weighted by molar-refractivity contribution is 0.0659. The van der Waals surface area contributed by atoms with Gasteiger partial charge in [-0.1, -0.05) is 0 Å². The van der Waals surface area contributed by atoms with E-state index in [0.29, 0.717) is 5.76 Å². The summed E-state index contributed by atoms with van der Waals surface area (Å²) in [5, 5.41) is 16.3. The second-order valence-corrected chi connectivity index (χ2v) is 4.52. The van der Waals surface area contributed by atoms with Gasteiger partial charge in [0, 0.05) is 18.4 Å². The van der Waals surface area contributed by atoms with Crippen molar-refractivity contribution in [2.45, 2.75) is 32.5 Å². The SMILES string of the molecule is CC(Cn1cccn1)NC(C)c1ccc(C(=O)O)o1. The molecule has 0 radical (unpaired) electrons. The molecule has 6 nitrogen and oxygen atoms in total. The lowest BCUT2D eigenvalue weighted by Crippen LogP contribution is -2.32. The maximum absolute atomic E-state index is 10.7. The van der Waals surface area contributed by atoms with Crippen LogP contribution in [0.4, 0.5) is 0 Å². The molecule has 0 saturated heterocycles. The third-order valence-electron chi connectivity index (χ3n) is 2.82. The van der Waals surface area contributed by atoms with Gasteiger partial charge in [-0.05, 0) is 32.0 Å². The average Bonchev–Trinajstić information content (AvgIpc) is 2.98. The Hall–Kier alpha value is -2.08. The van der Waals surface area contributed by atoms with Crippen molar-refractivity contribution in [1.29, 1.82) is 0 Å². The first-order chi connectivity index (χ1) is 9.06. The minimum Gasteiger partial charge on any atom is -0.475 e. The molecule has 0 spiro atoms. The molecule has 2 aromatic rings. The molecular weight excluding hydrogens is 246 g/mol. The van der Waals surface area contributed by atoms with Gasteiger partial charge in [0.2, 0.25) is 5.76 Å². The Morgan fingerprint density at radius 3 is 2.89 bits per heavy atom. The van der Waals surface area contributed by atoms with Crippen LogP contribution in [0.3, 0.4) is 0 Å². The highest BCUT2D eigenvalue weighted by Crippen LogP contribution is 2.17. The standard InChI is InChI=1S/C13H17N3O3/c1-9(8-16-7-3-6-14-16)15-10(2)11-4-5-12(19-11)13(17)18/h3-7,9-10,15H,8H2,1-2H3,(H,17,18). The number of hydrogen-bond acceptors (Lipinski definition) is 4. The van der Waals surface area contributed by atoms with Gasteiger partial charge >= 0.3 is 5.97 Å². The van der Waals surface area contributed by atoms with E-state index in [1.807, 2.05) is 30.8 Å². The molecule has 2 rings (SSSR count). The Morgan fingerprint density at radius 1 is 1.53 bits per heavy atom. The van der Waals surface area contributed by atoms with E-state index in [1.165, 1.54) is 6.07 Å². The molecule has 0 aliphatic rings. The smallest absolute Gasteiger partial charge is 0.371 e. The van der Waals surface area contributed by atoms with E-state index >= 15 is 0 Å². The highest BCUT2D eigenvalue weighted by atomic mass is 16.4. The molecule has 6 heteroatoms. The summed E-state index contributed by atoms with van der Waals surface area (Å²) >= 11 is 0. The molecular formula is C13H17N3O3. The van der Waals surface area contributed by atoms with Gasteiger partial charge in [0.15, 0.2) is 0 Å². The van der Waals surface area contributed by atoms with E-state index in [9.17, 15) is 4.79 Å². The fourth-order valence-corrected chi connectivity index (χ4v) is 1.95. The van der Waals surface area contributed by atoms with Crippen molar-refractivity contribution in [3.63, 3.8) is 0 Å². The van der Waals surface area contributed by atoms with Gasteiger partial charge in [-0.25, -0.2) is 4.79 Å². The monoisotopic (exact) mass is 263 g/mol. The second kappa shape index (κ2) is 5.71. The highest BCUT2D eigenvalue weighted by Gasteiger charge is 2.16. The molecule has 102 valence electrons. The molecule has 0 aliphatic carbocycles. The Morgan fingerprint density at radius 2 is 2.32 bits per heavy atom. The first-order valence-electron chi connectivity index (χ1n) is 6.12. The zero-order valence-electron chi connectivity index (χ0n) is 10.9. The molecule has 19 heavy (non-hydrogen) atoms. The topological polar surface area (TPSA) is 80.3 Å². The van der Waals surface area contributed by atoms with Crippen molar-refractivity contribution < 1.29 is 14.3 Å². The van der Waals surface area contributed by atoms with Crippen LogP contribution in [0.2, 0.25) is 0 Å². The molecule has 0 fully saturated rings. The number of aromatic carboxylic acids is 1. The Balaban J connectivity index is 1.92. The highest BCUT2D eigenvalue weighted by molar-refractivity contribution is 5.84. The molecule has 0 aliphatic heterocycles. The zero-order valence-corrected chi connectivity index (χ0v) is 10.9. The summed E-state index contributed by atoms with van der Waals surface area (Å²) < 4.78 is 7.10. The largest absolute Gasteiger partial charge is 0.475 e. The number of nitrogens with one attached hydrogen (secondary N) is 1. The van der Waals surface area contributed by atoms with Gasteiger partial charge in [0.05, 0.1) is 12.6 Å². The van der Waals surface area contributed by atoms with Gasteiger partial charge in [-0.15, -0.1) is 0 Å². The average molecular weight is 263 g/mol. The van der Waals surface area contributed by atoms with Crippen LogP contribution >= 0.6 is 0 Å². The molecule has 0 bridgehead atoms. The molecule has 0 saturated carbocycles. The van der Waals surface area contributed by atoms with Crippen molar-refractivity contribution in [2.24, 2.45) is 0 Å². The Kier molecular flexibility index (Phi) is 4.01. The van der Waals surface area contributed by atoms with Gasteiger partial charge in [-0.2, -0.15) is 5.10 Å². The van der Waals surface area contributed by atoms with E-state index in [4.69, 9.17) is 9.52 Å². The van der Waals surface area contributed by atoms with Crippen molar-refractivity contribution in [2.75, 3.05) is 0 Å². The molecule has 2 aromatic heterocycles. The number of aromatic nitrogens is 2. The molecule has 2 heterocycles. The number of carboxylic acid groups (broad SMARTS) is 1. The predicted octanol–water partition coefficient (Wildman–Crippen LogP) is 1.91. The first kappa shape index (κ1) is 13.4. The number of nitrogens with zero attached hydrogens (tertiary/aromatic N) is 2. The Labute approximate surface area is 111 Å². The van der Waals surface area contributed by atoms with Crippen LogP contribution in [-0.4, -0.2) is 26.9 Å². The summed E-state index contributed by atoms with van der Waals surface area (Å²) in [7, 11) is 0. The number of furan rings is 1. The van der Waals surface area contributed by atoms with Crippen LogP contribution in [-0.2, 0) is 6.54 Å². The van der Waals surface area contributed by atoms with Crippen LogP contribution in [0, 0.1) is 0 Å². The van der Waals surface area contributed by atoms with Crippen LogP contribution in [0.15, 0.2) is 35.0 Å². The maximum atomic E-state index is 10.7. The van der Waals surface area contributed by atoms with Crippen LogP contribution in [0.1, 0.15) is 36.2 Å². The van der Waals surface area contributed by atoms with E-state index in [1.54, 1.807) is 12.3 Å². The molecule has 0 amide bonds. The number of hydrogen-bond donors (Lipinski definition) is 2. The van der Waals surface area contributed by atoms with E-state index in [-0.39, 0.29) is 17.8 Å². The Bertz CT molecular complexity index is 533. The summed E-state index contributed by atoms with van der Waals surface area (Å²) in [4.78, 5) is 10.7. The molecule has 2 atom stereocenters. The van der Waals surface area contributed by atoms with Gasteiger partial charge in [0.25, 0.3) is 0 Å². The van der Waals surface area contributed by atoms with Crippen molar-refractivity contribution in [1.82, 2.24) is 15.1 Å². The maximum Gasteiger partial charge on any atom is 0.371 e. The fourth-order valence-electron chi connectivity index (χ4n) is 1.95. The van der Waals surface area contributed by atoms with E-state index < -0.39 is 5.97 Å². The van der Waals surface area contributed by atoms with Gasteiger partial charge in [-0.3, -0.25) is 4.68 Å². The third kappa shape index (κ3) is 3.45. The minimum absolute atomic E-state index is 0.0385. The summed E-state index contributed by atoms with van der Waals surface area (Å²) in [5.74, 6) is -0.476. The predicted molar refractivity (Wildman–Crippen MR) is 68.9 cm³/mol. The fraction of sp³-hybridized carbons (Fsp3) is 0.385. The second-order valence-electron chi connectivity index (χ2n) is 4.52. The summed E-state index contributed by atoms with van der Waals surface area (Å²) in [6.45, 7) is 4.72. The van der Waals surface area contributed by atoms with Gasteiger partial charge < -0.3 is 14.8 Å². The van der Waals surface area contributed by atoms with Crippen molar-refractivity contribution in [3.05, 3.63) is 42.1 Å². The lowest BCUT2D eigenvalue weighted by Gasteiger charge is -2.18. The summed E-state index contributed by atoms with van der Waals surface area (Å²) in [6, 6.07) is 5.16. The third-order valence-corrected chi connectivity index (χ3v) is 2.82. The van der Waals surface area contributed by atoms with Gasteiger partial charge in [0.1, 0.15) is 5.76 Å². The van der Waals surface area contributed by atoms with Crippen LogP contribution in [0.5, 0.6) is 0 Å². The zero-order chi connectivity index (χ0) is 13.8. The molecule has 2 N–H and O–H groups in total. The van der Waals surface area contributed by atoms with Crippen molar-refractivity contribution >= 4 is 5.97 Å². The number of carbonyl (C=O) groups is 1. The quantitative estimate of drug-likeness (QED) is 0.832. The number of carboxylic acids is 1. The van der Waals surface area contributed by atoms with E-state index in [0.717, 1.165) is 6.54 Å². The number of rotatable bonds is 6. The summed E-state index contributed by atoms with van der Waals surface area (Å²) in [5.41, 5.74) is 0. The lowest BCUT2D eigenvalue weighted by atomic mass is 10.2. The van der Waals surface area contributed by atoms with Crippen LogP contribution < -0.4 is 5.32 Å². The first-order valence-corrected chi connectivity index (χ1v) is 6.12. The van der Waals surface area contributed by atoms with E-state index in [2.05, 4.69) is 10.4 Å². The molecule has 2 unspecified atom stereocenters. The minimum atomic E-state index is -1.05. The normalized spacial score (nSPS) is 14.2. The molecule has 0 aromatic carbocycles. The van der Waals surface area contributed by atoms with Crippen molar-refractivity contribution in [3.8, 4) is 0 Å². The van der Waals surface area contributed by atoms with Crippen LogP contribution in [0.25, 0.3) is 0 Å².